The van der Waals surface area contributed by atoms with Gasteiger partial charge in [0, 0.05) is 5.54 Å². The van der Waals surface area contributed by atoms with E-state index in [9.17, 15) is 9.59 Å². The molecule has 1 amide bonds. The zero-order valence-corrected chi connectivity index (χ0v) is 14.3. The van der Waals surface area contributed by atoms with Crippen LogP contribution in [-0.4, -0.2) is 29.0 Å². The quantitative estimate of drug-likeness (QED) is 0.848. The average molecular weight is 306 g/mol. The second-order valence-corrected chi connectivity index (χ2v) is 7.20. The molecule has 0 aliphatic rings. The molecule has 0 spiro atoms. The molecule has 1 N–H and O–H groups in total. The molecule has 5 nitrogen and oxygen atoms in total. The van der Waals surface area contributed by atoms with Gasteiger partial charge in [0.2, 0.25) is 0 Å². The summed E-state index contributed by atoms with van der Waals surface area (Å²) >= 11 is 0. The second kappa shape index (κ2) is 6.90. The van der Waals surface area contributed by atoms with Gasteiger partial charge in [0.25, 0.3) is 5.91 Å². The third-order valence-electron chi connectivity index (χ3n) is 2.89. The Morgan fingerprint density at radius 3 is 2.27 bits per heavy atom. The largest absolute Gasteiger partial charge is 0.461 e. The van der Waals surface area contributed by atoms with Crippen molar-refractivity contribution in [3.8, 4) is 0 Å². The van der Waals surface area contributed by atoms with Crippen LogP contribution in [0.5, 0.6) is 0 Å². The molecule has 1 aromatic rings. The number of aromatic nitrogens is 1. The lowest BCUT2D eigenvalue weighted by Gasteiger charge is -2.33. The third-order valence-corrected chi connectivity index (χ3v) is 2.89. The van der Waals surface area contributed by atoms with Crippen LogP contribution < -0.4 is 5.32 Å². The van der Waals surface area contributed by atoms with Gasteiger partial charge in [-0.25, -0.2) is 9.78 Å². The average Bonchev–Trinajstić information content (AvgIpc) is 2.35. The lowest BCUT2D eigenvalue weighted by atomic mass is 9.82. The Hall–Kier alpha value is -1.91. The first-order valence-corrected chi connectivity index (χ1v) is 7.51. The molecule has 22 heavy (non-hydrogen) atoms. The van der Waals surface area contributed by atoms with Crippen molar-refractivity contribution in [2.75, 3.05) is 6.61 Å². The molecule has 0 unspecified atom stereocenters. The van der Waals surface area contributed by atoms with E-state index >= 15 is 0 Å². The Labute approximate surface area is 132 Å². The van der Waals surface area contributed by atoms with Crippen molar-refractivity contribution in [1.29, 1.82) is 0 Å². The van der Waals surface area contributed by atoms with Crippen LogP contribution in [0.25, 0.3) is 0 Å². The Morgan fingerprint density at radius 2 is 1.73 bits per heavy atom. The summed E-state index contributed by atoms with van der Waals surface area (Å²) in [6.45, 7) is 12.3. The molecule has 0 aliphatic heterocycles. The highest BCUT2D eigenvalue weighted by Crippen LogP contribution is 2.26. The number of carbonyl (C=O) groups excluding carboxylic acids is 2. The number of hydrogen-bond donors (Lipinski definition) is 1. The van der Waals surface area contributed by atoms with Gasteiger partial charge >= 0.3 is 5.97 Å². The van der Waals surface area contributed by atoms with E-state index in [1.165, 1.54) is 6.07 Å². The molecule has 1 aromatic heterocycles. The van der Waals surface area contributed by atoms with Gasteiger partial charge in [-0.15, -0.1) is 0 Å². The number of nitrogens with zero attached hydrogens (tertiary/aromatic N) is 1. The van der Waals surface area contributed by atoms with Crippen molar-refractivity contribution >= 4 is 11.9 Å². The Balaban J connectivity index is 2.86. The highest BCUT2D eigenvalue weighted by atomic mass is 16.5. The summed E-state index contributed by atoms with van der Waals surface area (Å²) in [6.07, 6.45) is 0.823. The molecule has 0 aliphatic carbocycles. The van der Waals surface area contributed by atoms with Gasteiger partial charge < -0.3 is 10.1 Å². The molecule has 0 saturated carbocycles. The first-order valence-electron chi connectivity index (χ1n) is 7.51. The number of hydrogen-bond acceptors (Lipinski definition) is 4. The normalized spacial score (nSPS) is 11.9. The first-order chi connectivity index (χ1) is 10.0. The van der Waals surface area contributed by atoms with Gasteiger partial charge in [-0.3, -0.25) is 4.79 Å². The minimum atomic E-state index is -0.522. The van der Waals surface area contributed by atoms with Crippen LogP contribution in [-0.2, 0) is 4.74 Å². The molecular weight excluding hydrogens is 280 g/mol. The fraction of sp³-hybridized carbons (Fsp3) is 0.588. The molecule has 0 saturated heterocycles. The number of esters is 1. The van der Waals surface area contributed by atoms with Crippen LogP contribution in [0.3, 0.4) is 0 Å². The zero-order valence-electron chi connectivity index (χ0n) is 14.3. The SMILES string of the molecule is CCOC(=O)c1cccc(C(=O)NC(C)(C)CC(C)(C)C)n1. The first kappa shape index (κ1) is 18.1. The summed E-state index contributed by atoms with van der Waals surface area (Å²) in [4.78, 5) is 28.1. The maximum Gasteiger partial charge on any atom is 0.356 e. The Kier molecular flexibility index (Phi) is 5.69. The van der Waals surface area contributed by atoms with Crippen molar-refractivity contribution in [3.63, 3.8) is 0 Å². The number of amides is 1. The maximum atomic E-state index is 12.4. The predicted molar refractivity (Wildman–Crippen MR) is 85.8 cm³/mol. The molecule has 0 atom stereocenters. The lowest BCUT2D eigenvalue weighted by Crippen LogP contribution is -2.46. The summed E-state index contributed by atoms with van der Waals surface area (Å²) in [7, 11) is 0. The van der Waals surface area contributed by atoms with Gasteiger partial charge in [0.05, 0.1) is 6.61 Å². The molecule has 0 radical (unpaired) electrons. The fourth-order valence-electron chi connectivity index (χ4n) is 2.62. The van der Waals surface area contributed by atoms with E-state index < -0.39 is 5.97 Å². The highest BCUT2D eigenvalue weighted by Gasteiger charge is 2.28. The van der Waals surface area contributed by atoms with Gasteiger partial charge in [-0.1, -0.05) is 26.8 Å². The van der Waals surface area contributed by atoms with Gasteiger partial charge in [0.15, 0.2) is 0 Å². The summed E-state index contributed by atoms with van der Waals surface area (Å²) < 4.78 is 4.90. The number of ether oxygens (including phenoxy) is 1. The molecule has 0 aromatic carbocycles. The number of carbonyl (C=O) groups is 2. The van der Waals surface area contributed by atoms with Crippen LogP contribution in [0, 0.1) is 5.41 Å². The Morgan fingerprint density at radius 1 is 1.14 bits per heavy atom. The minimum Gasteiger partial charge on any atom is -0.461 e. The number of rotatable bonds is 5. The monoisotopic (exact) mass is 306 g/mol. The molecule has 1 heterocycles. The second-order valence-electron chi connectivity index (χ2n) is 7.20. The van der Waals surface area contributed by atoms with E-state index in [1.54, 1.807) is 19.1 Å². The van der Waals surface area contributed by atoms with Crippen molar-refractivity contribution in [2.45, 2.75) is 53.5 Å². The number of nitrogens with one attached hydrogen (secondary N) is 1. The topological polar surface area (TPSA) is 68.3 Å². The van der Waals surface area contributed by atoms with E-state index in [4.69, 9.17) is 4.74 Å². The zero-order chi connectivity index (χ0) is 17.0. The van der Waals surface area contributed by atoms with Crippen molar-refractivity contribution < 1.29 is 14.3 Å². The van der Waals surface area contributed by atoms with E-state index in [0.29, 0.717) is 0 Å². The summed E-state index contributed by atoms with van der Waals surface area (Å²) in [6, 6.07) is 4.76. The summed E-state index contributed by atoms with van der Waals surface area (Å²) in [5, 5.41) is 2.97. The fourth-order valence-corrected chi connectivity index (χ4v) is 2.62. The Bertz CT molecular complexity index is 545. The molecule has 0 bridgehead atoms. The van der Waals surface area contributed by atoms with E-state index in [0.717, 1.165) is 6.42 Å². The van der Waals surface area contributed by atoms with Gasteiger partial charge in [-0.05, 0) is 44.7 Å². The summed E-state index contributed by atoms with van der Waals surface area (Å²) in [5.74, 6) is -0.813. The van der Waals surface area contributed by atoms with E-state index in [-0.39, 0.29) is 34.9 Å². The maximum absolute atomic E-state index is 12.4. The smallest absolute Gasteiger partial charge is 0.356 e. The molecule has 5 heteroatoms. The van der Waals surface area contributed by atoms with Gasteiger partial charge in [-0.2, -0.15) is 0 Å². The highest BCUT2D eigenvalue weighted by molar-refractivity contribution is 5.94. The summed E-state index contributed by atoms with van der Waals surface area (Å²) in [5.41, 5.74) is 0.0872. The van der Waals surface area contributed by atoms with E-state index in [1.807, 2.05) is 13.8 Å². The predicted octanol–water partition coefficient (Wildman–Crippen LogP) is 3.20. The molecule has 1 rings (SSSR count). The third kappa shape index (κ3) is 5.84. The van der Waals surface area contributed by atoms with Crippen LogP contribution in [0.4, 0.5) is 0 Å². The molecule has 122 valence electrons. The van der Waals surface area contributed by atoms with Crippen molar-refractivity contribution in [3.05, 3.63) is 29.6 Å². The lowest BCUT2D eigenvalue weighted by molar-refractivity contribution is 0.0519. The standard InChI is InChI=1S/C17H26N2O3/c1-7-22-15(21)13-10-8-9-12(18-13)14(20)19-17(5,6)11-16(2,3)4/h8-10H,7,11H2,1-6H3,(H,19,20). The van der Waals surface area contributed by atoms with Crippen LogP contribution in [0.2, 0.25) is 0 Å². The van der Waals surface area contributed by atoms with Crippen molar-refractivity contribution in [1.82, 2.24) is 10.3 Å². The van der Waals surface area contributed by atoms with Crippen LogP contribution >= 0.6 is 0 Å². The number of pyridine rings is 1. The van der Waals surface area contributed by atoms with Crippen molar-refractivity contribution in [2.24, 2.45) is 5.41 Å². The molecular formula is C17H26N2O3. The van der Waals surface area contributed by atoms with Gasteiger partial charge in [0.1, 0.15) is 11.4 Å². The van der Waals surface area contributed by atoms with Crippen LogP contribution in [0.15, 0.2) is 18.2 Å². The minimum absolute atomic E-state index is 0.0942. The van der Waals surface area contributed by atoms with Crippen LogP contribution in [0.1, 0.15) is 68.9 Å². The molecule has 0 fully saturated rings. The van der Waals surface area contributed by atoms with E-state index in [2.05, 4.69) is 31.1 Å².